The second-order valence-corrected chi connectivity index (χ2v) is 5.88. The highest BCUT2D eigenvalue weighted by atomic mass is 127. The van der Waals surface area contributed by atoms with Crippen LogP contribution in [0.2, 0.25) is 0 Å². The fourth-order valence-corrected chi connectivity index (χ4v) is 2.10. The molecule has 0 saturated heterocycles. The fourth-order valence-electron chi connectivity index (χ4n) is 1.74. The molecule has 4 nitrogen and oxygen atoms in total. The van der Waals surface area contributed by atoms with E-state index in [0.717, 1.165) is 14.9 Å². The van der Waals surface area contributed by atoms with Crippen molar-refractivity contribution in [2.75, 3.05) is 25.1 Å². The van der Waals surface area contributed by atoms with Gasteiger partial charge in [-0.15, -0.1) is 0 Å². The number of anilines is 3. The number of benzene rings is 2. The Labute approximate surface area is 132 Å². The Morgan fingerprint density at radius 1 is 1.15 bits per heavy atom. The average Bonchev–Trinajstić information content (AvgIpc) is 2.43. The normalized spacial score (nSPS) is 10.2. The standard InChI is InChI=1S/C15H16IN3O/c1-19(2)15(20)10-3-8-13(17)14(9-10)18-12-6-4-11(16)5-7-12/h3-9,18H,17H2,1-2H3. The minimum Gasteiger partial charge on any atom is -0.397 e. The molecule has 0 fully saturated rings. The van der Waals surface area contributed by atoms with E-state index in [-0.39, 0.29) is 5.91 Å². The molecule has 20 heavy (non-hydrogen) atoms. The van der Waals surface area contributed by atoms with E-state index >= 15 is 0 Å². The minimum atomic E-state index is -0.0457. The topological polar surface area (TPSA) is 58.4 Å². The number of carbonyl (C=O) groups is 1. The van der Waals surface area contributed by atoms with Gasteiger partial charge in [-0.3, -0.25) is 4.79 Å². The van der Waals surface area contributed by atoms with Gasteiger partial charge in [-0.1, -0.05) is 0 Å². The summed E-state index contributed by atoms with van der Waals surface area (Å²) in [6.07, 6.45) is 0. The van der Waals surface area contributed by atoms with Crippen LogP contribution in [0.3, 0.4) is 0 Å². The van der Waals surface area contributed by atoms with Crippen molar-refractivity contribution in [2.45, 2.75) is 0 Å². The molecule has 0 aliphatic carbocycles. The van der Waals surface area contributed by atoms with E-state index in [0.29, 0.717) is 11.3 Å². The molecule has 0 aliphatic rings. The molecule has 0 spiro atoms. The second-order valence-electron chi connectivity index (χ2n) is 4.63. The summed E-state index contributed by atoms with van der Waals surface area (Å²) in [5.74, 6) is -0.0457. The smallest absolute Gasteiger partial charge is 0.253 e. The van der Waals surface area contributed by atoms with Gasteiger partial charge in [0.25, 0.3) is 5.91 Å². The number of rotatable bonds is 3. The average molecular weight is 381 g/mol. The Morgan fingerprint density at radius 2 is 1.80 bits per heavy atom. The van der Waals surface area contributed by atoms with Crippen molar-refractivity contribution in [1.82, 2.24) is 4.90 Å². The maximum absolute atomic E-state index is 12.0. The van der Waals surface area contributed by atoms with Gasteiger partial charge in [0.1, 0.15) is 0 Å². The quantitative estimate of drug-likeness (QED) is 0.634. The molecule has 5 heteroatoms. The largest absolute Gasteiger partial charge is 0.397 e. The number of nitrogens with one attached hydrogen (secondary N) is 1. The van der Waals surface area contributed by atoms with Gasteiger partial charge in [-0.25, -0.2) is 0 Å². The summed E-state index contributed by atoms with van der Waals surface area (Å²) >= 11 is 2.25. The second kappa shape index (κ2) is 6.13. The first-order chi connectivity index (χ1) is 9.47. The van der Waals surface area contributed by atoms with E-state index in [1.165, 1.54) is 0 Å². The summed E-state index contributed by atoms with van der Waals surface area (Å²) in [7, 11) is 3.45. The van der Waals surface area contributed by atoms with Crippen molar-refractivity contribution in [2.24, 2.45) is 0 Å². The molecule has 2 aromatic rings. The number of halogens is 1. The van der Waals surface area contributed by atoms with E-state index in [1.54, 1.807) is 37.2 Å². The van der Waals surface area contributed by atoms with Gasteiger partial charge in [0, 0.05) is 28.9 Å². The molecule has 0 radical (unpaired) electrons. The molecular formula is C15H16IN3O. The molecule has 0 heterocycles. The number of nitrogens with two attached hydrogens (primary N) is 1. The maximum Gasteiger partial charge on any atom is 0.253 e. The molecule has 104 valence electrons. The third-order valence-corrected chi connectivity index (χ3v) is 3.55. The molecule has 0 aromatic heterocycles. The molecule has 0 unspecified atom stereocenters. The Balaban J connectivity index is 2.29. The summed E-state index contributed by atoms with van der Waals surface area (Å²) in [6.45, 7) is 0. The summed E-state index contributed by atoms with van der Waals surface area (Å²) in [4.78, 5) is 13.5. The van der Waals surface area contributed by atoms with Gasteiger partial charge in [-0.05, 0) is 65.1 Å². The Hall–Kier alpha value is -1.76. The van der Waals surface area contributed by atoms with E-state index in [9.17, 15) is 4.79 Å². The van der Waals surface area contributed by atoms with Crippen molar-refractivity contribution < 1.29 is 4.79 Å². The Kier molecular flexibility index (Phi) is 4.49. The van der Waals surface area contributed by atoms with Gasteiger partial charge < -0.3 is 16.0 Å². The predicted octanol–water partition coefficient (Wildman–Crippen LogP) is 3.32. The third-order valence-electron chi connectivity index (χ3n) is 2.83. The van der Waals surface area contributed by atoms with E-state index < -0.39 is 0 Å². The lowest BCUT2D eigenvalue weighted by atomic mass is 10.1. The molecule has 0 aliphatic heterocycles. The first-order valence-corrected chi connectivity index (χ1v) is 7.19. The van der Waals surface area contributed by atoms with Crippen LogP contribution in [-0.2, 0) is 0 Å². The summed E-state index contributed by atoms with van der Waals surface area (Å²) in [6, 6.07) is 13.2. The van der Waals surface area contributed by atoms with E-state index in [4.69, 9.17) is 5.73 Å². The maximum atomic E-state index is 12.0. The highest BCUT2D eigenvalue weighted by Crippen LogP contribution is 2.25. The lowest BCUT2D eigenvalue weighted by Crippen LogP contribution is -2.21. The van der Waals surface area contributed by atoms with Gasteiger partial charge in [0.2, 0.25) is 0 Å². The van der Waals surface area contributed by atoms with Crippen molar-refractivity contribution in [1.29, 1.82) is 0 Å². The van der Waals surface area contributed by atoms with Crippen LogP contribution in [0.4, 0.5) is 17.1 Å². The number of nitrogens with zero attached hydrogens (tertiary/aromatic N) is 1. The van der Waals surface area contributed by atoms with E-state index in [2.05, 4.69) is 27.9 Å². The Bertz CT molecular complexity index is 624. The summed E-state index contributed by atoms with van der Waals surface area (Å²) in [5, 5.41) is 3.23. The molecular weight excluding hydrogens is 365 g/mol. The van der Waals surface area contributed by atoms with Crippen LogP contribution in [-0.4, -0.2) is 24.9 Å². The number of amides is 1. The van der Waals surface area contributed by atoms with Crippen LogP contribution in [0.15, 0.2) is 42.5 Å². The van der Waals surface area contributed by atoms with Gasteiger partial charge in [0.05, 0.1) is 11.4 Å². The molecule has 2 rings (SSSR count). The van der Waals surface area contributed by atoms with Crippen molar-refractivity contribution >= 4 is 45.6 Å². The lowest BCUT2D eigenvalue weighted by Gasteiger charge is -2.14. The molecule has 0 saturated carbocycles. The molecule has 0 atom stereocenters. The monoisotopic (exact) mass is 381 g/mol. The van der Waals surface area contributed by atoms with Crippen LogP contribution in [0.1, 0.15) is 10.4 Å². The lowest BCUT2D eigenvalue weighted by molar-refractivity contribution is 0.0827. The predicted molar refractivity (Wildman–Crippen MR) is 91.3 cm³/mol. The third kappa shape index (κ3) is 3.41. The number of hydrogen-bond donors (Lipinski definition) is 2. The zero-order chi connectivity index (χ0) is 14.7. The highest BCUT2D eigenvalue weighted by Gasteiger charge is 2.10. The number of nitrogen functional groups attached to an aromatic ring is 1. The van der Waals surface area contributed by atoms with Gasteiger partial charge in [0.15, 0.2) is 0 Å². The Morgan fingerprint density at radius 3 is 2.40 bits per heavy atom. The van der Waals surface area contributed by atoms with Gasteiger partial charge in [-0.2, -0.15) is 0 Å². The van der Waals surface area contributed by atoms with Crippen molar-refractivity contribution in [3.05, 3.63) is 51.6 Å². The number of hydrogen-bond acceptors (Lipinski definition) is 3. The highest BCUT2D eigenvalue weighted by molar-refractivity contribution is 14.1. The van der Waals surface area contributed by atoms with Gasteiger partial charge >= 0.3 is 0 Å². The van der Waals surface area contributed by atoms with E-state index in [1.807, 2.05) is 24.3 Å². The summed E-state index contributed by atoms with van der Waals surface area (Å²) < 4.78 is 1.16. The molecule has 2 aromatic carbocycles. The minimum absolute atomic E-state index is 0.0457. The summed E-state index contributed by atoms with van der Waals surface area (Å²) in [5.41, 5.74) is 8.84. The molecule has 1 amide bonds. The number of carbonyl (C=O) groups excluding carboxylic acids is 1. The van der Waals surface area contributed by atoms with Crippen LogP contribution >= 0.6 is 22.6 Å². The molecule has 3 N–H and O–H groups in total. The van der Waals surface area contributed by atoms with Crippen LogP contribution < -0.4 is 11.1 Å². The first-order valence-electron chi connectivity index (χ1n) is 6.11. The zero-order valence-electron chi connectivity index (χ0n) is 11.4. The zero-order valence-corrected chi connectivity index (χ0v) is 13.5. The van der Waals surface area contributed by atoms with Crippen molar-refractivity contribution in [3.8, 4) is 0 Å². The van der Waals surface area contributed by atoms with Crippen LogP contribution in [0.5, 0.6) is 0 Å². The SMILES string of the molecule is CN(C)C(=O)c1ccc(N)c(Nc2ccc(I)cc2)c1. The van der Waals surface area contributed by atoms with Crippen molar-refractivity contribution in [3.63, 3.8) is 0 Å². The molecule has 0 bridgehead atoms. The first kappa shape index (κ1) is 14.6. The van der Waals surface area contributed by atoms with Crippen LogP contribution in [0, 0.1) is 3.57 Å². The van der Waals surface area contributed by atoms with Crippen LogP contribution in [0.25, 0.3) is 0 Å². The fraction of sp³-hybridized carbons (Fsp3) is 0.133.